The number of carbonyl (C=O) groups excluding carboxylic acids is 1. The van der Waals surface area contributed by atoms with Crippen LogP contribution in [0.1, 0.15) is 12.8 Å². The van der Waals surface area contributed by atoms with Crippen molar-refractivity contribution >= 4 is 29.1 Å². The number of hydrogen-bond donors (Lipinski definition) is 2. The summed E-state index contributed by atoms with van der Waals surface area (Å²) in [5.41, 5.74) is 0. The number of halogens is 2. The zero-order valence-electron chi connectivity index (χ0n) is 11.4. The van der Waals surface area contributed by atoms with E-state index in [2.05, 4.69) is 5.32 Å². The molecule has 0 bridgehead atoms. The lowest BCUT2D eigenvalue weighted by molar-refractivity contribution is -0.871. The third-order valence-electron chi connectivity index (χ3n) is 3.09. The first-order valence-electron chi connectivity index (χ1n) is 6.73. The summed E-state index contributed by atoms with van der Waals surface area (Å²) in [6, 6.07) is 5.56. The fourth-order valence-electron chi connectivity index (χ4n) is 1.80. The molecule has 0 radical (unpaired) electrons. The molecule has 0 spiro atoms. The van der Waals surface area contributed by atoms with E-state index in [9.17, 15) is 4.79 Å². The number of nitrogens with one attached hydrogen (secondary N) is 2. The maximum atomic E-state index is 11.6. The monoisotopic (exact) mass is 317 g/mol. The molecule has 0 heterocycles. The number of hydrogen-bond acceptors (Lipinski definition) is 2. The molecule has 1 amide bonds. The average molecular weight is 318 g/mol. The van der Waals surface area contributed by atoms with Crippen molar-refractivity contribution < 1.29 is 14.4 Å². The van der Waals surface area contributed by atoms with Gasteiger partial charge >= 0.3 is 0 Å². The Morgan fingerprint density at radius 2 is 2.20 bits per heavy atom. The van der Waals surface area contributed by atoms with Crippen LogP contribution in [0.3, 0.4) is 0 Å². The Morgan fingerprint density at radius 3 is 2.85 bits per heavy atom. The van der Waals surface area contributed by atoms with E-state index in [1.807, 2.05) is 7.05 Å². The van der Waals surface area contributed by atoms with Gasteiger partial charge in [-0.25, -0.2) is 0 Å². The Morgan fingerprint density at radius 1 is 1.45 bits per heavy atom. The fraction of sp³-hybridized carbons (Fsp3) is 0.500. The molecule has 2 N–H and O–H groups in total. The molecule has 1 aliphatic carbocycles. The van der Waals surface area contributed by atoms with Crippen LogP contribution < -0.4 is 15.0 Å². The van der Waals surface area contributed by atoms with E-state index >= 15 is 0 Å². The van der Waals surface area contributed by atoms with Gasteiger partial charge in [0.05, 0.1) is 12.1 Å². The lowest BCUT2D eigenvalue weighted by atomic mass is 10.3. The Balaban J connectivity index is 1.67. The lowest BCUT2D eigenvalue weighted by Crippen LogP contribution is -3.10. The van der Waals surface area contributed by atoms with Gasteiger partial charge in [-0.3, -0.25) is 4.79 Å². The molecule has 1 atom stereocenters. The zero-order chi connectivity index (χ0) is 14.5. The molecule has 1 saturated carbocycles. The van der Waals surface area contributed by atoms with Crippen LogP contribution in [-0.2, 0) is 4.79 Å². The highest BCUT2D eigenvalue weighted by atomic mass is 35.5. The van der Waals surface area contributed by atoms with Crippen LogP contribution in [0.5, 0.6) is 5.75 Å². The number of rotatable bonds is 7. The summed E-state index contributed by atoms with van der Waals surface area (Å²) in [5, 5.41) is 4.06. The number of likely N-dealkylation sites (N-methyl/N-ethyl adjacent to an activating group) is 1. The van der Waals surface area contributed by atoms with E-state index < -0.39 is 0 Å². The Kier molecular flexibility index (Phi) is 5.52. The Labute approximate surface area is 129 Å². The topological polar surface area (TPSA) is 42.8 Å². The quantitative estimate of drug-likeness (QED) is 0.792. The Bertz CT molecular complexity index is 478. The third kappa shape index (κ3) is 5.19. The first kappa shape index (κ1) is 15.4. The lowest BCUT2D eigenvalue weighted by Gasteiger charge is -2.14. The van der Waals surface area contributed by atoms with Crippen LogP contribution in [0.15, 0.2) is 18.2 Å². The van der Waals surface area contributed by atoms with E-state index in [4.69, 9.17) is 27.9 Å². The van der Waals surface area contributed by atoms with Crippen LogP contribution in [0.4, 0.5) is 0 Å². The number of ether oxygens (including phenoxy) is 1. The van der Waals surface area contributed by atoms with Crippen LogP contribution in [0.25, 0.3) is 0 Å². The second kappa shape index (κ2) is 7.16. The van der Waals surface area contributed by atoms with Crippen molar-refractivity contribution in [3.05, 3.63) is 28.2 Å². The number of quaternary nitrogens is 1. The first-order chi connectivity index (χ1) is 9.54. The summed E-state index contributed by atoms with van der Waals surface area (Å²) in [5.74, 6) is 0.723. The van der Waals surface area contributed by atoms with E-state index in [1.54, 1.807) is 18.2 Å². The normalized spacial score (nSPS) is 15.8. The van der Waals surface area contributed by atoms with Crippen molar-refractivity contribution in [1.29, 1.82) is 0 Å². The summed E-state index contributed by atoms with van der Waals surface area (Å²) in [4.78, 5) is 12.7. The minimum absolute atomic E-state index is 0.106. The number of carbonyl (C=O) groups is 1. The SMILES string of the molecule is C[NH+](CCOc1ccc(Cl)cc1Cl)CC(=O)NC1CC1. The summed E-state index contributed by atoms with van der Waals surface area (Å²) < 4.78 is 5.59. The van der Waals surface area contributed by atoms with E-state index in [-0.39, 0.29) is 5.91 Å². The van der Waals surface area contributed by atoms with Crippen molar-refractivity contribution in [3.8, 4) is 5.75 Å². The maximum absolute atomic E-state index is 11.6. The summed E-state index contributed by atoms with van der Waals surface area (Å²) >= 11 is 11.8. The van der Waals surface area contributed by atoms with Gasteiger partial charge in [0, 0.05) is 11.1 Å². The maximum Gasteiger partial charge on any atom is 0.275 e. The molecular formula is C14H19Cl2N2O2+. The molecule has 0 saturated heterocycles. The minimum atomic E-state index is 0.106. The standard InChI is InChI=1S/C14H18Cl2N2O2/c1-18(9-14(19)17-11-3-4-11)6-7-20-13-5-2-10(15)8-12(13)16/h2,5,8,11H,3-4,6-7,9H2,1H3,(H,17,19)/p+1. The minimum Gasteiger partial charge on any atom is -0.486 e. The van der Waals surface area contributed by atoms with Gasteiger partial charge in [-0.15, -0.1) is 0 Å². The summed E-state index contributed by atoms with van der Waals surface area (Å²) in [6.45, 7) is 1.70. The largest absolute Gasteiger partial charge is 0.486 e. The van der Waals surface area contributed by atoms with Gasteiger partial charge in [0.15, 0.2) is 6.54 Å². The van der Waals surface area contributed by atoms with E-state index in [0.29, 0.717) is 35.0 Å². The summed E-state index contributed by atoms with van der Waals surface area (Å²) in [7, 11) is 1.97. The van der Waals surface area contributed by atoms with E-state index in [1.165, 1.54) is 0 Å². The first-order valence-corrected chi connectivity index (χ1v) is 7.48. The smallest absolute Gasteiger partial charge is 0.275 e. The molecule has 4 nitrogen and oxygen atoms in total. The van der Waals surface area contributed by atoms with Gasteiger partial charge in [0.2, 0.25) is 0 Å². The zero-order valence-corrected chi connectivity index (χ0v) is 12.9. The molecule has 0 aliphatic heterocycles. The van der Waals surface area contributed by atoms with Gasteiger partial charge in [0.1, 0.15) is 18.9 Å². The predicted molar refractivity (Wildman–Crippen MR) is 79.7 cm³/mol. The van der Waals surface area contributed by atoms with Gasteiger partial charge < -0.3 is 15.0 Å². The highest BCUT2D eigenvalue weighted by Crippen LogP contribution is 2.27. The molecule has 20 heavy (non-hydrogen) atoms. The van der Waals surface area contributed by atoms with Gasteiger partial charge in [0.25, 0.3) is 5.91 Å². The molecular weight excluding hydrogens is 299 g/mol. The van der Waals surface area contributed by atoms with Crippen LogP contribution in [-0.4, -0.2) is 38.7 Å². The highest BCUT2D eigenvalue weighted by molar-refractivity contribution is 6.35. The second-order valence-electron chi connectivity index (χ2n) is 5.15. The summed E-state index contributed by atoms with van der Waals surface area (Å²) in [6.07, 6.45) is 2.23. The van der Waals surface area contributed by atoms with Gasteiger partial charge in [-0.05, 0) is 31.0 Å². The van der Waals surface area contributed by atoms with Crippen LogP contribution in [0.2, 0.25) is 10.0 Å². The number of benzene rings is 1. The molecule has 110 valence electrons. The molecule has 1 aromatic carbocycles. The molecule has 2 rings (SSSR count). The van der Waals surface area contributed by atoms with Crippen molar-refractivity contribution in [1.82, 2.24) is 5.32 Å². The van der Waals surface area contributed by atoms with Gasteiger partial charge in [-0.1, -0.05) is 23.2 Å². The number of amides is 1. The molecule has 6 heteroatoms. The molecule has 1 unspecified atom stereocenters. The highest BCUT2D eigenvalue weighted by Gasteiger charge is 2.24. The fourth-order valence-corrected chi connectivity index (χ4v) is 2.26. The van der Waals surface area contributed by atoms with E-state index in [0.717, 1.165) is 24.3 Å². The van der Waals surface area contributed by atoms with Gasteiger partial charge in [-0.2, -0.15) is 0 Å². The molecule has 1 aromatic rings. The molecule has 1 fully saturated rings. The average Bonchev–Trinajstić information content (AvgIpc) is 3.15. The molecule has 1 aliphatic rings. The van der Waals surface area contributed by atoms with Crippen molar-refractivity contribution in [2.75, 3.05) is 26.7 Å². The predicted octanol–water partition coefficient (Wildman–Crippen LogP) is 1.17. The van der Waals surface area contributed by atoms with Crippen molar-refractivity contribution in [2.24, 2.45) is 0 Å². The Hall–Kier alpha value is -0.970. The van der Waals surface area contributed by atoms with Crippen molar-refractivity contribution in [3.63, 3.8) is 0 Å². The third-order valence-corrected chi connectivity index (χ3v) is 3.62. The van der Waals surface area contributed by atoms with Crippen LogP contribution in [0, 0.1) is 0 Å². The van der Waals surface area contributed by atoms with Crippen molar-refractivity contribution in [2.45, 2.75) is 18.9 Å². The van der Waals surface area contributed by atoms with Crippen LogP contribution >= 0.6 is 23.2 Å². The molecule has 0 aromatic heterocycles. The second-order valence-corrected chi connectivity index (χ2v) is 5.99.